The number of ether oxygens (including phenoxy) is 1. The number of nitrogens with zero attached hydrogens (tertiary/aromatic N) is 1. The van der Waals surface area contributed by atoms with Crippen molar-refractivity contribution in [3.8, 4) is 0 Å². The van der Waals surface area contributed by atoms with Crippen molar-refractivity contribution in [2.75, 3.05) is 14.2 Å². The van der Waals surface area contributed by atoms with Gasteiger partial charge in [0.25, 0.3) is 0 Å². The Morgan fingerprint density at radius 1 is 1.56 bits per heavy atom. The number of rotatable bonds is 7. The number of thiazole rings is 1. The molecule has 92 valence electrons. The van der Waals surface area contributed by atoms with E-state index in [2.05, 4.69) is 22.6 Å². The molecule has 0 bridgehead atoms. The fourth-order valence-corrected chi connectivity index (χ4v) is 2.70. The van der Waals surface area contributed by atoms with Crippen molar-refractivity contribution in [1.29, 1.82) is 0 Å². The topological polar surface area (TPSA) is 34.1 Å². The van der Waals surface area contributed by atoms with Gasteiger partial charge in [-0.15, -0.1) is 11.3 Å². The molecule has 2 atom stereocenters. The number of hydrogen-bond donors (Lipinski definition) is 1. The summed E-state index contributed by atoms with van der Waals surface area (Å²) in [4.78, 5) is 4.50. The van der Waals surface area contributed by atoms with Crippen molar-refractivity contribution in [1.82, 2.24) is 10.3 Å². The van der Waals surface area contributed by atoms with E-state index in [1.165, 1.54) is 5.01 Å². The molecule has 1 rings (SSSR count). The third-order valence-electron chi connectivity index (χ3n) is 2.76. The predicted octanol–water partition coefficient (Wildman–Crippen LogP) is 2.40. The van der Waals surface area contributed by atoms with E-state index in [1.54, 1.807) is 18.4 Å². The summed E-state index contributed by atoms with van der Waals surface area (Å²) in [5.74, 6) is 0. The summed E-state index contributed by atoms with van der Waals surface area (Å²) in [7, 11) is 3.78. The van der Waals surface area contributed by atoms with Crippen LogP contribution in [0.15, 0.2) is 5.38 Å². The molecule has 0 aliphatic carbocycles. The molecule has 1 aromatic heterocycles. The average molecular weight is 242 g/mol. The van der Waals surface area contributed by atoms with Gasteiger partial charge in [0.1, 0.15) is 0 Å². The van der Waals surface area contributed by atoms with Gasteiger partial charge < -0.3 is 10.1 Å². The highest BCUT2D eigenvalue weighted by molar-refractivity contribution is 7.09. The third-order valence-corrected chi connectivity index (χ3v) is 3.75. The van der Waals surface area contributed by atoms with Gasteiger partial charge in [0.15, 0.2) is 0 Å². The monoisotopic (exact) mass is 242 g/mol. The van der Waals surface area contributed by atoms with Gasteiger partial charge in [-0.05, 0) is 20.4 Å². The minimum atomic E-state index is 0.277. The van der Waals surface area contributed by atoms with Crippen LogP contribution in [0.5, 0.6) is 0 Å². The Hall–Kier alpha value is -0.450. The minimum absolute atomic E-state index is 0.277. The Morgan fingerprint density at radius 3 is 2.75 bits per heavy atom. The van der Waals surface area contributed by atoms with Crippen molar-refractivity contribution < 1.29 is 4.74 Å². The average Bonchev–Trinajstić information content (AvgIpc) is 2.69. The molecule has 1 aromatic rings. The number of aryl methyl sites for hydroxylation is 1. The van der Waals surface area contributed by atoms with Gasteiger partial charge in [-0.3, -0.25) is 0 Å². The third kappa shape index (κ3) is 3.85. The van der Waals surface area contributed by atoms with Gasteiger partial charge in [0.05, 0.1) is 11.1 Å². The van der Waals surface area contributed by atoms with Crippen LogP contribution in [0.4, 0.5) is 0 Å². The molecule has 0 saturated heterocycles. The van der Waals surface area contributed by atoms with E-state index in [9.17, 15) is 0 Å². The normalized spacial score (nSPS) is 15.0. The lowest BCUT2D eigenvalue weighted by Gasteiger charge is -2.24. The van der Waals surface area contributed by atoms with Crippen molar-refractivity contribution in [3.63, 3.8) is 0 Å². The lowest BCUT2D eigenvalue weighted by molar-refractivity contribution is 0.0633. The zero-order chi connectivity index (χ0) is 12.0. The summed E-state index contributed by atoms with van der Waals surface area (Å²) in [5.41, 5.74) is 1.11. The van der Waals surface area contributed by atoms with Crippen molar-refractivity contribution in [2.45, 2.75) is 45.3 Å². The number of hydrogen-bond acceptors (Lipinski definition) is 4. The molecule has 0 amide bonds. The van der Waals surface area contributed by atoms with Gasteiger partial charge >= 0.3 is 0 Å². The summed E-state index contributed by atoms with van der Waals surface area (Å²) in [6.07, 6.45) is 3.46. The predicted molar refractivity (Wildman–Crippen MR) is 69.1 cm³/mol. The lowest BCUT2D eigenvalue weighted by Crippen LogP contribution is -2.40. The van der Waals surface area contributed by atoms with Crippen LogP contribution in [0.1, 0.15) is 30.5 Å². The first-order valence-electron chi connectivity index (χ1n) is 5.82. The molecule has 0 aliphatic heterocycles. The molecule has 2 unspecified atom stereocenters. The van der Waals surface area contributed by atoms with Crippen molar-refractivity contribution in [2.24, 2.45) is 0 Å². The molecule has 1 N–H and O–H groups in total. The second-order valence-electron chi connectivity index (χ2n) is 4.04. The quantitative estimate of drug-likeness (QED) is 0.797. The molecule has 3 nitrogen and oxygen atoms in total. The van der Waals surface area contributed by atoms with Crippen LogP contribution in [-0.2, 0) is 11.2 Å². The maximum Gasteiger partial charge on any atom is 0.0944 e. The molecule has 4 heteroatoms. The number of methoxy groups -OCH3 is 1. The maximum absolute atomic E-state index is 5.54. The van der Waals surface area contributed by atoms with Crippen LogP contribution >= 0.6 is 11.3 Å². The summed E-state index contributed by atoms with van der Waals surface area (Å²) >= 11 is 1.73. The van der Waals surface area contributed by atoms with Crippen molar-refractivity contribution >= 4 is 11.3 Å². The molecule has 0 aliphatic rings. The molecular weight excluding hydrogens is 220 g/mol. The van der Waals surface area contributed by atoms with E-state index in [1.807, 2.05) is 14.0 Å². The maximum atomic E-state index is 5.54. The Labute approximate surface area is 102 Å². The first-order valence-corrected chi connectivity index (χ1v) is 6.70. The van der Waals surface area contributed by atoms with E-state index in [-0.39, 0.29) is 6.10 Å². The highest BCUT2D eigenvalue weighted by Crippen LogP contribution is 2.15. The van der Waals surface area contributed by atoms with Crippen LogP contribution < -0.4 is 5.32 Å². The van der Waals surface area contributed by atoms with Crippen LogP contribution in [0.25, 0.3) is 0 Å². The Bertz CT molecular complexity index is 301. The van der Waals surface area contributed by atoms with E-state index in [0.717, 1.165) is 25.0 Å². The van der Waals surface area contributed by atoms with E-state index < -0.39 is 0 Å². The summed E-state index contributed by atoms with van der Waals surface area (Å²) in [6.45, 7) is 4.22. The van der Waals surface area contributed by atoms with Gasteiger partial charge in [-0.2, -0.15) is 0 Å². The first kappa shape index (κ1) is 13.6. The van der Waals surface area contributed by atoms with Crippen LogP contribution in [0.2, 0.25) is 0 Å². The second kappa shape index (κ2) is 6.99. The van der Waals surface area contributed by atoms with E-state index >= 15 is 0 Å². The van der Waals surface area contributed by atoms with Crippen molar-refractivity contribution in [3.05, 3.63) is 16.1 Å². The Kier molecular flexibility index (Phi) is 5.95. The minimum Gasteiger partial charge on any atom is -0.380 e. The standard InChI is InChI=1S/C12H22N2OS/c1-5-6-11(15-4)10(13-3)7-12-14-9(2)8-16-12/h8,10-11,13H,5-7H2,1-4H3. The zero-order valence-corrected chi connectivity index (χ0v) is 11.4. The molecular formula is C12H22N2OS. The highest BCUT2D eigenvalue weighted by Gasteiger charge is 2.20. The van der Waals surface area contributed by atoms with Crippen LogP contribution in [0, 0.1) is 6.92 Å². The summed E-state index contributed by atoms with van der Waals surface area (Å²) < 4.78 is 5.54. The highest BCUT2D eigenvalue weighted by atomic mass is 32.1. The van der Waals surface area contributed by atoms with Gasteiger partial charge in [0, 0.05) is 30.6 Å². The molecule has 0 radical (unpaired) electrons. The number of likely N-dealkylation sites (N-methyl/N-ethyl adjacent to an activating group) is 1. The lowest BCUT2D eigenvalue weighted by atomic mass is 10.0. The Morgan fingerprint density at radius 2 is 2.31 bits per heavy atom. The van der Waals surface area contributed by atoms with Gasteiger partial charge in [-0.1, -0.05) is 13.3 Å². The first-order chi connectivity index (χ1) is 7.71. The second-order valence-corrected chi connectivity index (χ2v) is 4.99. The largest absolute Gasteiger partial charge is 0.380 e. The van der Waals surface area contributed by atoms with E-state index in [4.69, 9.17) is 4.74 Å². The van der Waals surface area contributed by atoms with Crippen LogP contribution in [0.3, 0.4) is 0 Å². The molecule has 16 heavy (non-hydrogen) atoms. The SMILES string of the molecule is CCCC(OC)C(Cc1nc(C)cs1)NC. The summed E-state index contributed by atoms with van der Waals surface area (Å²) in [5, 5.41) is 6.63. The molecule has 0 spiro atoms. The van der Waals surface area contributed by atoms with E-state index in [0.29, 0.717) is 6.04 Å². The number of nitrogens with one attached hydrogen (secondary N) is 1. The summed E-state index contributed by atoms with van der Waals surface area (Å²) in [6, 6.07) is 0.357. The molecule has 0 fully saturated rings. The smallest absolute Gasteiger partial charge is 0.0944 e. The fourth-order valence-electron chi connectivity index (χ4n) is 1.87. The Balaban J connectivity index is 2.59. The zero-order valence-electron chi connectivity index (χ0n) is 10.6. The fraction of sp³-hybridized carbons (Fsp3) is 0.750. The molecule has 0 saturated carbocycles. The van der Waals surface area contributed by atoms with Gasteiger partial charge in [-0.25, -0.2) is 4.98 Å². The van der Waals surface area contributed by atoms with Gasteiger partial charge in [0.2, 0.25) is 0 Å². The number of aromatic nitrogens is 1. The van der Waals surface area contributed by atoms with Crippen LogP contribution in [-0.4, -0.2) is 31.3 Å². The molecule has 1 heterocycles. The molecule has 0 aromatic carbocycles.